The Morgan fingerprint density at radius 3 is 2.79 bits per heavy atom. The van der Waals surface area contributed by atoms with E-state index in [2.05, 4.69) is 15.0 Å². The Morgan fingerprint density at radius 1 is 1.26 bits per heavy atom. The van der Waals surface area contributed by atoms with Gasteiger partial charge in [0.2, 0.25) is 10.0 Å². The molecule has 5 nitrogen and oxygen atoms in total. The van der Waals surface area contributed by atoms with Gasteiger partial charge >= 0.3 is 0 Å². The molecule has 0 spiro atoms. The van der Waals surface area contributed by atoms with Crippen molar-refractivity contribution in [2.24, 2.45) is 0 Å². The molecule has 6 heteroatoms. The maximum atomic E-state index is 11.7. The van der Waals surface area contributed by atoms with Crippen LogP contribution in [0.5, 0.6) is 0 Å². The predicted molar refractivity (Wildman–Crippen MR) is 75.4 cm³/mol. The smallest absolute Gasteiger partial charge is 0.211 e. The highest BCUT2D eigenvalue weighted by molar-refractivity contribution is 7.89. The first-order valence-corrected chi connectivity index (χ1v) is 8.41. The maximum Gasteiger partial charge on any atom is 0.211 e. The van der Waals surface area contributed by atoms with Gasteiger partial charge in [-0.25, -0.2) is 13.1 Å². The van der Waals surface area contributed by atoms with E-state index >= 15 is 0 Å². The lowest BCUT2D eigenvalue weighted by Gasteiger charge is -2.07. The summed E-state index contributed by atoms with van der Waals surface area (Å²) in [4.78, 5) is 4.16. The number of nitrogens with one attached hydrogen (secondary N) is 2. The highest BCUT2D eigenvalue weighted by Gasteiger charge is 2.20. The molecule has 0 radical (unpaired) electrons. The summed E-state index contributed by atoms with van der Waals surface area (Å²) in [6.07, 6.45) is 5.47. The summed E-state index contributed by atoms with van der Waals surface area (Å²) < 4.78 is 26.1. The fourth-order valence-electron chi connectivity index (χ4n) is 1.81. The molecule has 1 aliphatic carbocycles. The largest absolute Gasteiger partial charge is 0.314 e. The lowest BCUT2D eigenvalue weighted by molar-refractivity contribution is 0.574. The maximum absolute atomic E-state index is 11.7. The second kappa shape index (κ2) is 6.98. The van der Waals surface area contributed by atoms with Crippen LogP contribution in [0.25, 0.3) is 0 Å². The van der Waals surface area contributed by atoms with Gasteiger partial charge in [0, 0.05) is 30.9 Å². The first kappa shape index (κ1) is 14.4. The highest BCUT2D eigenvalue weighted by Crippen LogP contribution is 2.18. The van der Waals surface area contributed by atoms with E-state index in [-0.39, 0.29) is 5.75 Å². The van der Waals surface area contributed by atoms with Crippen molar-refractivity contribution in [3.63, 3.8) is 0 Å². The van der Waals surface area contributed by atoms with Crippen LogP contribution in [0.15, 0.2) is 24.4 Å². The van der Waals surface area contributed by atoms with E-state index in [1.165, 1.54) is 12.8 Å². The molecule has 0 bridgehead atoms. The minimum atomic E-state index is -3.15. The van der Waals surface area contributed by atoms with E-state index in [0.29, 0.717) is 25.4 Å². The van der Waals surface area contributed by atoms with Gasteiger partial charge in [0.25, 0.3) is 0 Å². The SMILES string of the molecule is O=S(=O)(CCCNC1CC1)NCCc1ccccn1. The first-order chi connectivity index (χ1) is 9.16. The van der Waals surface area contributed by atoms with Crippen molar-refractivity contribution in [2.75, 3.05) is 18.8 Å². The third-order valence-electron chi connectivity index (χ3n) is 3.03. The van der Waals surface area contributed by atoms with Crippen molar-refractivity contribution in [3.05, 3.63) is 30.1 Å². The predicted octanol–water partition coefficient (Wildman–Crippen LogP) is 0.686. The van der Waals surface area contributed by atoms with Gasteiger partial charge in [-0.05, 0) is 37.9 Å². The van der Waals surface area contributed by atoms with Crippen molar-refractivity contribution in [1.82, 2.24) is 15.0 Å². The van der Waals surface area contributed by atoms with E-state index in [0.717, 1.165) is 12.2 Å². The summed E-state index contributed by atoms with van der Waals surface area (Å²) >= 11 is 0. The molecule has 1 aromatic rings. The monoisotopic (exact) mass is 283 g/mol. The standard InChI is InChI=1S/C13H21N3O2S/c17-19(18,11-3-9-15-13-5-6-13)16-10-7-12-4-1-2-8-14-12/h1-2,4,8,13,15-16H,3,5-7,9-11H2. The molecule has 106 valence electrons. The molecular formula is C13H21N3O2S. The van der Waals surface area contributed by atoms with Crippen molar-refractivity contribution in [1.29, 1.82) is 0 Å². The summed E-state index contributed by atoms with van der Waals surface area (Å²) in [6.45, 7) is 1.20. The van der Waals surface area contributed by atoms with Crippen molar-refractivity contribution < 1.29 is 8.42 Å². The number of sulfonamides is 1. The molecule has 0 amide bonds. The third-order valence-corrected chi connectivity index (χ3v) is 4.50. The molecule has 1 heterocycles. The Labute approximate surface area is 114 Å². The van der Waals surface area contributed by atoms with E-state index in [9.17, 15) is 8.42 Å². The average Bonchev–Trinajstić information content (AvgIpc) is 3.20. The minimum Gasteiger partial charge on any atom is -0.314 e. The zero-order valence-corrected chi connectivity index (χ0v) is 11.8. The van der Waals surface area contributed by atoms with Crippen LogP contribution in [0.3, 0.4) is 0 Å². The number of pyridine rings is 1. The zero-order valence-electron chi connectivity index (χ0n) is 11.0. The van der Waals surface area contributed by atoms with Crippen LogP contribution >= 0.6 is 0 Å². The first-order valence-electron chi connectivity index (χ1n) is 6.76. The third kappa shape index (κ3) is 6.13. The highest BCUT2D eigenvalue weighted by atomic mass is 32.2. The summed E-state index contributed by atoms with van der Waals surface area (Å²) in [5.41, 5.74) is 0.903. The van der Waals surface area contributed by atoms with Crippen LogP contribution < -0.4 is 10.0 Å². The normalized spacial score (nSPS) is 15.6. The van der Waals surface area contributed by atoms with Gasteiger partial charge in [-0.3, -0.25) is 4.98 Å². The number of nitrogens with zero attached hydrogens (tertiary/aromatic N) is 1. The van der Waals surface area contributed by atoms with Gasteiger partial charge in [0.05, 0.1) is 5.75 Å². The summed E-state index contributed by atoms with van der Waals surface area (Å²) in [6, 6.07) is 6.29. The van der Waals surface area contributed by atoms with Crippen molar-refractivity contribution in [3.8, 4) is 0 Å². The van der Waals surface area contributed by atoms with Crippen LogP contribution in [0, 0.1) is 0 Å². The number of aromatic nitrogens is 1. The second-order valence-electron chi connectivity index (χ2n) is 4.87. The lowest BCUT2D eigenvalue weighted by Crippen LogP contribution is -2.30. The quantitative estimate of drug-likeness (QED) is 0.654. The minimum absolute atomic E-state index is 0.189. The van der Waals surface area contributed by atoms with Crippen molar-refractivity contribution in [2.45, 2.75) is 31.7 Å². The number of rotatable bonds is 9. The molecule has 0 unspecified atom stereocenters. The van der Waals surface area contributed by atoms with E-state index in [1.54, 1.807) is 6.20 Å². The molecule has 0 saturated heterocycles. The molecule has 1 aromatic heterocycles. The Morgan fingerprint density at radius 2 is 2.11 bits per heavy atom. The Kier molecular flexibility index (Phi) is 5.30. The summed E-state index contributed by atoms with van der Waals surface area (Å²) in [7, 11) is -3.15. The van der Waals surface area contributed by atoms with Crippen molar-refractivity contribution >= 4 is 10.0 Å². The molecule has 19 heavy (non-hydrogen) atoms. The molecule has 1 saturated carbocycles. The van der Waals surface area contributed by atoms with Gasteiger partial charge < -0.3 is 5.32 Å². The van der Waals surface area contributed by atoms with Crippen LogP contribution in [-0.4, -0.2) is 38.3 Å². The topological polar surface area (TPSA) is 71.1 Å². The van der Waals surface area contributed by atoms with Crippen LogP contribution in [0.4, 0.5) is 0 Å². The molecule has 1 fully saturated rings. The van der Waals surface area contributed by atoms with E-state index < -0.39 is 10.0 Å². The molecule has 0 atom stereocenters. The van der Waals surface area contributed by atoms with Crippen LogP contribution in [0.1, 0.15) is 25.0 Å². The van der Waals surface area contributed by atoms with Gasteiger partial charge in [-0.15, -0.1) is 0 Å². The fourth-order valence-corrected chi connectivity index (χ4v) is 2.89. The summed E-state index contributed by atoms with van der Waals surface area (Å²) in [5, 5.41) is 3.31. The molecule has 2 rings (SSSR count). The van der Waals surface area contributed by atoms with Crippen LogP contribution in [-0.2, 0) is 16.4 Å². The van der Waals surface area contributed by atoms with E-state index in [1.807, 2.05) is 18.2 Å². The average molecular weight is 283 g/mol. The Hall–Kier alpha value is -0.980. The second-order valence-corrected chi connectivity index (χ2v) is 6.79. The molecular weight excluding hydrogens is 262 g/mol. The van der Waals surface area contributed by atoms with Gasteiger partial charge in [-0.2, -0.15) is 0 Å². The molecule has 0 aliphatic heterocycles. The Balaban J connectivity index is 1.60. The van der Waals surface area contributed by atoms with Gasteiger partial charge in [-0.1, -0.05) is 6.07 Å². The molecule has 1 aliphatic rings. The van der Waals surface area contributed by atoms with Crippen LogP contribution in [0.2, 0.25) is 0 Å². The lowest BCUT2D eigenvalue weighted by atomic mass is 10.3. The fraction of sp³-hybridized carbons (Fsp3) is 0.615. The summed E-state index contributed by atoms with van der Waals surface area (Å²) in [5.74, 6) is 0.189. The Bertz CT molecular complexity index is 472. The zero-order chi connectivity index (χ0) is 13.6. The van der Waals surface area contributed by atoms with E-state index in [4.69, 9.17) is 0 Å². The molecule has 2 N–H and O–H groups in total. The van der Waals surface area contributed by atoms with Gasteiger partial charge in [0.15, 0.2) is 0 Å². The van der Waals surface area contributed by atoms with Gasteiger partial charge in [0.1, 0.15) is 0 Å². The number of hydrogen-bond acceptors (Lipinski definition) is 4. The number of hydrogen-bond donors (Lipinski definition) is 2. The molecule has 0 aromatic carbocycles.